The molecule has 0 aromatic carbocycles. The van der Waals surface area contributed by atoms with E-state index in [0.717, 1.165) is 47.1 Å². The van der Waals surface area contributed by atoms with Crippen LogP contribution in [0.4, 0.5) is 10.9 Å². The Morgan fingerprint density at radius 1 is 1.17 bits per heavy atom. The number of aryl methyl sites for hydroxylation is 1. The molecule has 1 aliphatic heterocycles. The molecule has 1 saturated carbocycles. The summed E-state index contributed by atoms with van der Waals surface area (Å²) in [7, 11) is 0. The SMILES string of the molecule is Cc1nnc(NCC2CN(c3ccc4nnc(C5CC5)n4n3)C2)s1. The van der Waals surface area contributed by atoms with Crippen LogP contribution in [0.1, 0.15) is 29.6 Å². The minimum atomic E-state index is 0.548. The van der Waals surface area contributed by atoms with Crippen molar-refractivity contribution in [2.24, 2.45) is 5.92 Å². The molecule has 4 heterocycles. The van der Waals surface area contributed by atoms with Crippen LogP contribution in [0.5, 0.6) is 0 Å². The summed E-state index contributed by atoms with van der Waals surface area (Å²) in [6.07, 6.45) is 2.41. The Labute approximate surface area is 142 Å². The van der Waals surface area contributed by atoms with E-state index in [2.05, 4.69) is 30.6 Å². The standard InChI is InChI=1S/C15H18N8S/c1-9-17-20-15(24-9)16-6-10-7-22(8-10)13-5-4-12-18-19-14(11-2-3-11)23(12)21-13/h4-5,10-11H,2-3,6-8H2,1H3,(H,16,20). The molecular formula is C15H18N8S. The molecule has 0 amide bonds. The highest BCUT2D eigenvalue weighted by Gasteiger charge is 2.31. The summed E-state index contributed by atoms with van der Waals surface area (Å²) in [6, 6.07) is 4.05. The lowest BCUT2D eigenvalue weighted by Crippen LogP contribution is -2.50. The fourth-order valence-corrected chi connectivity index (χ4v) is 3.64. The highest BCUT2D eigenvalue weighted by molar-refractivity contribution is 7.15. The van der Waals surface area contributed by atoms with E-state index in [1.807, 2.05) is 23.6 Å². The molecule has 2 fully saturated rings. The molecule has 8 nitrogen and oxygen atoms in total. The minimum Gasteiger partial charge on any atom is -0.360 e. The monoisotopic (exact) mass is 342 g/mol. The number of hydrogen-bond acceptors (Lipinski definition) is 8. The van der Waals surface area contributed by atoms with Gasteiger partial charge in [0.1, 0.15) is 10.8 Å². The van der Waals surface area contributed by atoms with Crippen LogP contribution >= 0.6 is 11.3 Å². The Balaban J connectivity index is 1.24. The predicted octanol–water partition coefficient (Wildman–Crippen LogP) is 1.71. The highest BCUT2D eigenvalue weighted by atomic mass is 32.1. The van der Waals surface area contributed by atoms with Gasteiger partial charge in [0.05, 0.1) is 0 Å². The quantitative estimate of drug-likeness (QED) is 0.755. The van der Waals surface area contributed by atoms with Crippen LogP contribution in [0.25, 0.3) is 5.65 Å². The van der Waals surface area contributed by atoms with E-state index in [0.29, 0.717) is 11.8 Å². The number of nitrogens with zero attached hydrogens (tertiary/aromatic N) is 7. The molecule has 0 atom stereocenters. The van der Waals surface area contributed by atoms with E-state index in [1.165, 1.54) is 12.8 Å². The van der Waals surface area contributed by atoms with Crippen molar-refractivity contribution in [2.75, 3.05) is 29.9 Å². The molecule has 0 bridgehead atoms. The van der Waals surface area contributed by atoms with Crippen LogP contribution in [0.15, 0.2) is 12.1 Å². The molecule has 3 aromatic heterocycles. The van der Waals surface area contributed by atoms with Crippen LogP contribution in [0.3, 0.4) is 0 Å². The third kappa shape index (κ3) is 2.48. The number of anilines is 2. The van der Waals surface area contributed by atoms with Crippen LogP contribution in [-0.4, -0.2) is 49.6 Å². The molecule has 0 spiro atoms. The summed E-state index contributed by atoms with van der Waals surface area (Å²) >= 11 is 1.60. The van der Waals surface area contributed by atoms with Crippen molar-refractivity contribution in [2.45, 2.75) is 25.7 Å². The second-order valence-corrected chi connectivity index (χ2v) is 7.75. The zero-order valence-corrected chi connectivity index (χ0v) is 14.2. The molecule has 1 aliphatic carbocycles. The molecule has 0 unspecified atom stereocenters. The number of nitrogens with one attached hydrogen (secondary N) is 1. The fourth-order valence-electron chi connectivity index (χ4n) is 3.05. The zero-order valence-electron chi connectivity index (χ0n) is 13.4. The molecule has 24 heavy (non-hydrogen) atoms. The summed E-state index contributed by atoms with van der Waals surface area (Å²) in [6.45, 7) is 4.90. The number of aromatic nitrogens is 6. The van der Waals surface area contributed by atoms with E-state index in [-0.39, 0.29) is 0 Å². The van der Waals surface area contributed by atoms with Gasteiger partial charge in [-0.2, -0.15) is 4.52 Å². The average molecular weight is 342 g/mol. The first kappa shape index (κ1) is 14.1. The lowest BCUT2D eigenvalue weighted by molar-refractivity contribution is 0.424. The van der Waals surface area contributed by atoms with Gasteiger partial charge < -0.3 is 10.2 Å². The second-order valence-electron chi connectivity index (χ2n) is 6.57. The van der Waals surface area contributed by atoms with Gasteiger partial charge in [-0.15, -0.1) is 25.5 Å². The van der Waals surface area contributed by atoms with Crippen molar-refractivity contribution in [3.63, 3.8) is 0 Å². The van der Waals surface area contributed by atoms with Crippen molar-refractivity contribution in [1.29, 1.82) is 0 Å². The van der Waals surface area contributed by atoms with Gasteiger partial charge in [-0.05, 0) is 31.9 Å². The number of rotatable bonds is 5. The Kier molecular flexibility index (Phi) is 3.15. The molecule has 124 valence electrons. The number of fused-ring (bicyclic) bond motifs is 1. The number of hydrogen-bond donors (Lipinski definition) is 1. The normalized spacial score (nSPS) is 18.1. The zero-order chi connectivity index (χ0) is 16.1. The molecular weight excluding hydrogens is 324 g/mol. The summed E-state index contributed by atoms with van der Waals surface area (Å²) < 4.78 is 1.92. The van der Waals surface area contributed by atoms with Gasteiger partial charge in [0.15, 0.2) is 11.5 Å². The highest BCUT2D eigenvalue weighted by Crippen LogP contribution is 2.38. The Morgan fingerprint density at radius 3 is 2.79 bits per heavy atom. The molecule has 9 heteroatoms. The summed E-state index contributed by atoms with van der Waals surface area (Å²) in [5, 5.41) is 26.6. The van der Waals surface area contributed by atoms with E-state index in [1.54, 1.807) is 11.3 Å². The third-order valence-corrected chi connectivity index (χ3v) is 5.36. The molecule has 2 aliphatic rings. The largest absolute Gasteiger partial charge is 0.360 e. The first-order valence-corrected chi connectivity index (χ1v) is 9.09. The van der Waals surface area contributed by atoms with Crippen molar-refractivity contribution in [3.05, 3.63) is 23.0 Å². The van der Waals surface area contributed by atoms with E-state index < -0.39 is 0 Å². The van der Waals surface area contributed by atoms with E-state index in [9.17, 15) is 0 Å². The summed E-state index contributed by atoms with van der Waals surface area (Å²) in [5.74, 6) is 3.17. The van der Waals surface area contributed by atoms with Crippen molar-refractivity contribution < 1.29 is 0 Å². The average Bonchev–Trinajstić information content (AvgIpc) is 3.16. The van der Waals surface area contributed by atoms with Gasteiger partial charge in [0.2, 0.25) is 5.13 Å². The van der Waals surface area contributed by atoms with E-state index in [4.69, 9.17) is 5.10 Å². The smallest absolute Gasteiger partial charge is 0.205 e. The van der Waals surface area contributed by atoms with Gasteiger partial charge in [0, 0.05) is 31.5 Å². The van der Waals surface area contributed by atoms with Crippen LogP contribution in [0.2, 0.25) is 0 Å². The van der Waals surface area contributed by atoms with Gasteiger partial charge >= 0.3 is 0 Å². The molecule has 5 rings (SSSR count). The van der Waals surface area contributed by atoms with E-state index >= 15 is 0 Å². The topological polar surface area (TPSA) is 84.1 Å². The van der Waals surface area contributed by atoms with Gasteiger partial charge in [-0.1, -0.05) is 11.3 Å². The fraction of sp³-hybridized carbons (Fsp3) is 0.533. The molecule has 3 aromatic rings. The minimum absolute atomic E-state index is 0.548. The first-order chi connectivity index (χ1) is 11.8. The lowest BCUT2D eigenvalue weighted by Gasteiger charge is -2.40. The summed E-state index contributed by atoms with van der Waals surface area (Å²) in [5.41, 5.74) is 0.839. The molecule has 0 radical (unpaired) electrons. The van der Waals surface area contributed by atoms with Gasteiger partial charge in [-0.3, -0.25) is 0 Å². The van der Waals surface area contributed by atoms with Crippen LogP contribution in [0, 0.1) is 12.8 Å². The van der Waals surface area contributed by atoms with Crippen LogP contribution < -0.4 is 10.2 Å². The Hall–Kier alpha value is -2.29. The van der Waals surface area contributed by atoms with Crippen molar-refractivity contribution >= 4 is 27.9 Å². The van der Waals surface area contributed by atoms with Gasteiger partial charge in [-0.25, -0.2) is 0 Å². The molecule has 1 saturated heterocycles. The summed E-state index contributed by atoms with van der Waals surface area (Å²) in [4.78, 5) is 2.30. The predicted molar refractivity (Wildman–Crippen MR) is 91.6 cm³/mol. The van der Waals surface area contributed by atoms with Crippen LogP contribution in [-0.2, 0) is 0 Å². The second kappa shape index (κ2) is 5.37. The Bertz CT molecular complexity index is 877. The first-order valence-electron chi connectivity index (χ1n) is 8.27. The maximum atomic E-state index is 4.75. The van der Waals surface area contributed by atoms with Gasteiger partial charge in [0.25, 0.3) is 0 Å². The lowest BCUT2D eigenvalue weighted by atomic mass is 10.0. The maximum absolute atomic E-state index is 4.75. The maximum Gasteiger partial charge on any atom is 0.205 e. The third-order valence-electron chi connectivity index (χ3n) is 4.56. The Morgan fingerprint density at radius 2 is 2.04 bits per heavy atom. The molecule has 1 N–H and O–H groups in total. The van der Waals surface area contributed by atoms with Crippen molar-refractivity contribution in [1.82, 2.24) is 30.0 Å². The van der Waals surface area contributed by atoms with Crippen molar-refractivity contribution in [3.8, 4) is 0 Å².